The number of hydrogen-bond donors (Lipinski definition) is 0. The van der Waals surface area contributed by atoms with E-state index in [1.54, 1.807) is 7.11 Å². The van der Waals surface area contributed by atoms with Crippen LogP contribution in [0.25, 0.3) is 11.0 Å². The van der Waals surface area contributed by atoms with Crippen LogP contribution in [0, 0.1) is 0 Å². The van der Waals surface area contributed by atoms with Gasteiger partial charge in [-0.25, -0.2) is 9.97 Å². The smallest absolute Gasteiger partial charge is 0.236 e. The Balaban J connectivity index is 2.81. The number of fused-ring (bicyclic) bond motifs is 1. The molecular formula is C17H24N2O. The van der Waals surface area contributed by atoms with Crippen LogP contribution in [0.15, 0.2) is 18.2 Å². The zero-order valence-corrected chi connectivity index (χ0v) is 13.5. The van der Waals surface area contributed by atoms with Gasteiger partial charge in [0.05, 0.1) is 18.1 Å². The summed E-state index contributed by atoms with van der Waals surface area (Å²) in [7, 11) is 1.66. The van der Waals surface area contributed by atoms with E-state index >= 15 is 0 Å². The molecular weight excluding hydrogens is 248 g/mol. The van der Waals surface area contributed by atoms with E-state index in [0.29, 0.717) is 5.88 Å². The Morgan fingerprint density at radius 3 is 2.05 bits per heavy atom. The molecule has 0 aliphatic heterocycles. The van der Waals surface area contributed by atoms with E-state index in [9.17, 15) is 0 Å². The van der Waals surface area contributed by atoms with Gasteiger partial charge < -0.3 is 4.74 Å². The van der Waals surface area contributed by atoms with Crippen molar-refractivity contribution in [1.29, 1.82) is 0 Å². The van der Waals surface area contributed by atoms with Crippen LogP contribution in [0.2, 0.25) is 0 Å². The molecule has 0 N–H and O–H groups in total. The third-order valence-corrected chi connectivity index (χ3v) is 3.37. The second kappa shape index (κ2) is 4.72. The molecule has 0 saturated heterocycles. The number of ether oxygens (including phenoxy) is 1. The maximum atomic E-state index is 5.47. The molecule has 0 aliphatic carbocycles. The Labute approximate surface area is 121 Å². The second-order valence-corrected chi connectivity index (χ2v) is 7.25. The first-order valence-electron chi connectivity index (χ1n) is 7.00. The number of benzene rings is 1. The maximum Gasteiger partial charge on any atom is 0.236 e. The molecule has 0 spiro atoms. The monoisotopic (exact) mass is 272 g/mol. The highest BCUT2D eigenvalue weighted by molar-refractivity contribution is 5.80. The van der Waals surface area contributed by atoms with Gasteiger partial charge in [0.1, 0.15) is 5.69 Å². The Bertz CT molecular complexity index is 634. The van der Waals surface area contributed by atoms with Crippen molar-refractivity contribution in [1.82, 2.24) is 9.97 Å². The molecule has 2 aromatic rings. The zero-order valence-electron chi connectivity index (χ0n) is 13.5. The first-order valence-corrected chi connectivity index (χ1v) is 7.00. The Kier molecular flexibility index (Phi) is 3.49. The molecule has 1 aromatic carbocycles. The van der Waals surface area contributed by atoms with Gasteiger partial charge in [-0.3, -0.25) is 0 Å². The molecule has 0 amide bonds. The van der Waals surface area contributed by atoms with Gasteiger partial charge >= 0.3 is 0 Å². The first-order chi connectivity index (χ1) is 9.14. The molecule has 0 radical (unpaired) electrons. The quantitative estimate of drug-likeness (QED) is 0.779. The van der Waals surface area contributed by atoms with Gasteiger partial charge in [-0.15, -0.1) is 0 Å². The van der Waals surface area contributed by atoms with Crippen LogP contribution in [0.3, 0.4) is 0 Å². The van der Waals surface area contributed by atoms with Crippen molar-refractivity contribution in [2.24, 2.45) is 0 Å². The van der Waals surface area contributed by atoms with Gasteiger partial charge in [-0.05, 0) is 17.0 Å². The molecule has 0 aliphatic rings. The van der Waals surface area contributed by atoms with Gasteiger partial charge in [-0.2, -0.15) is 0 Å². The average Bonchev–Trinajstić information content (AvgIpc) is 2.34. The molecule has 0 unspecified atom stereocenters. The van der Waals surface area contributed by atoms with Crippen LogP contribution in [0.1, 0.15) is 52.8 Å². The van der Waals surface area contributed by atoms with Crippen LogP contribution in [-0.4, -0.2) is 17.1 Å². The molecule has 0 bridgehead atoms. The summed E-state index contributed by atoms with van der Waals surface area (Å²) in [5, 5.41) is 0. The highest BCUT2D eigenvalue weighted by Crippen LogP contribution is 2.33. The SMILES string of the molecule is COc1nc2c(C(C)(C)C)cccc2nc1C(C)(C)C. The first kappa shape index (κ1) is 14.8. The fourth-order valence-electron chi connectivity index (χ4n) is 2.30. The number of rotatable bonds is 1. The second-order valence-electron chi connectivity index (χ2n) is 7.25. The van der Waals surface area contributed by atoms with Crippen molar-refractivity contribution in [2.45, 2.75) is 52.4 Å². The fraction of sp³-hybridized carbons (Fsp3) is 0.529. The molecule has 20 heavy (non-hydrogen) atoms. The van der Waals surface area contributed by atoms with Crippen molar-refractivity contribution in [2.75, 3.05) is 7.11 Å². The Morgan fingerprint density at radius 2 is 1.55 bits per heavy atom. The van der Waals surface area contributed by atoms with Crippen molar-refractivity contribution < 1.29 is 4.74 Å². The highest BCUT2D eigenvalue weighted by Gasteiger charge is 2.25. The average molecular weight is 272 g/mol. The topological polar surface area (TPSA) is 35.0 Å². The molecule has 0 fully saturated rings. The molecule has 3 heteroatoms. The zero-order chi connectivity index (χ0) is 15.1. The molecule has 1 heterocycles. The normalized spacial score (nSPS) is 12.8. The Hall–Kier alpha value is -1.64. The van der Waals surface area contributed by atoms with E-state index in [4.69, 9.17) is 14.7 Å². The maximum absolute atomic E-state index is 5.47. The Morgan fingerprint density at radius 1 is 0.900 bits per heavy atom. The third-order valence-electron chi connectivity index (χ3n) is 3.37. The summed E-state index contributed by atoms with van der Waals surface area (Å²) >= 11 is 0. The summed E-state index contributed by atoms with van der Waals surface area (Å²) in [6.45, 7) is 12.9. The van der Waals surface area contributed by atoms with Gasteiger partial charge in [0.25, 0.3) is 0 Å². The minimum absolute atomic E-state index is 0.0302. The van der Waals surface area contributed by atoms with E-state index in [2.05, 4.69) is 53.7 Å². The lowest BCUT2D eigenvalue weighted by Gasteiger charge is -2.23. The van der Waals surface area contributed by atoms with Crippen LogP contribution >= 0.6 is 0 Å². The van der Waals surface area contributed by atoms with E-state index in [-0.39, 0.29) is 10.8 Å². The van der Waals surface area contributed by atoms with Crippen LogP contribution in [-0.2, 0) is 10.8 Å². The summed E-state index contributed by atoms with van der Waals surface area (Å²) in [6, 6.07) is 6.19. The van der Waals surface area contributed by atoms with Crippen LogP contribution in [0.5, 0.6) is 5.88 Å². The van der Waals surface area contributed by atoms with Gasteiger partial charge in [0.15, 0.2) is 0 Å². The molecule has 108 valence electrons. The van der Waals surface area contributed by atoms with Gasteiger partial charge in [-0.1, -0.05) is 53.7 Å². The number of para-hydroxylation sites is 1. The number of hydrogen-bond acceptors (Lipinski definition) is 3. The molecule has 0 atom stereocenters. The number of aromatic nitrogens is 2. The number of methoxy groups -OCH3 is 1. The molecule has 2 rings (SSSR count). The van der Waals surface area contributed by atoms with E-state index < -0.39 is 0 Å². The van der Waals surface area contributed by atoms with Crippen molar-refractivity contribution in [3.05, 3.63) is 29.5 Å². The summed E-state index contributed by atoms with van der Waals surface area (Å²) in [6.07, 6.45) is 0. The minimum atomic E-state index is -0.0930. The summed E-state index contributed by atoms with van der Waals surface area (Å²) in [5.41, 5.74) is 3.90. The summed E-state index contributed by atoms with van der Waals surface area (Å²) in [4.78, 5) is 9.55. The largest absolute Gasteiger partial charge is 0.480 e. The summed E-state index contributed by atoms with van der Waals surface area (Å²) in [5.74, 6) is 0.627. The lowest BCUT2D eigenvalue weighted by Crippen LogP contribution is -2.18. The highest BCUT2D eigenvalue weighted by atomic mass is 16.5. The van der Waals surface area contributed by atoms with Gasteiger partial charge in [0, 0.05) is 5.41 Å². The number of nitrogens with zero attached hydrogens (tertiary/aromatic N) is 2. The standard InChI is InChI=1S/C17H24N2O/c1-16(2,3)11-9-8-10-12-13(11)19-15(20-7)14(18-12)17(4,5)6/h8-10H,1-7H3. The molecule has 1 aromatic heterocycles. The van der Waals surface area contributed by atoms with Crippen molar-refractivity contribution in [3.8, 4) is 5.88 Å². The van der Waals surface area contributed by atoms with E-state index in [1.807, 2.05) is 6.07 Å². The van der Waals surface area contributed by atoms with E-state index in [0.717, 1.165) is 16.7 Å². The molecule has 0 saturated carbocycles. The van der Waals surface area contributed by atoms with Gasteiger partial charge in [0.2, 0.25) is 5.88 Å². The fourth-order valence-corrected chi connectivity index (χ4v) is 2.30. The third kappa shape index (κ3) is 2.62. The van der Waals surface area contributed by atoms with Crippen LogP contribution in [0.4, 0.5) is 0 Å². The molecule has 3 nitrogen and oxygen atoms in total. The lowest BCUT2D eigenvalue weighted by atomic mass is 9.85. The minimum Gasteiger partial charge on any atom is -0.480 e. The van der Waals surface area contributed by atoms with Crippen molar-refractivity contribution >= 4 is 11.0 Å². The van der Waals surface area contributed by atoms with Crippen LogP contribution < -0.4 is 4.74 Å². The predicted molar refractivity (Wildman–Crippen MR) is 83.5 cm³/mol. The van der Waals surface area contributed by atoms with Crippen molar-refractivity contribution in [3.63, 3.8) is 0 Å². The predicted octanol–water partition coefficient (Wildman–Crippen LogP) is 4.23. The summed E-state index contributed by atoms with van der Waals surface area (Å²) < 4.78 is 5.47. The van der Waals surface area contributed by atoms with E-state index in [1.165, 1.54) is 5.56 Å². The lowest BCUT2D eigenvalue weighted by molar-refractivity contribution is 0.377.